The van der Waals surface area contributed by atoms with Gasteiger partial charge >= 0.3 is 5.97 Å². The third-order valence-corrected chi connectivity index (χ3v) is 7.27. The molecular weight excluding hydrogens is 410 g/mol. The maximum Gasteiger partial charge on any atom is 0.341 e. The lowest BCUT2D eigenvalue weighted by atomic mass is 9.76. The molecule has 1 aromatic heterocycles. The van der Waals surface area contributed by atoms with Crippen LogP contribution in [-0.4, -0.2) is 42.6 Å². The topological polar surface area (TPSA) is 87.0 Å². The minimum absolute atomic E-state index is 0.0308. The minimum Gasteiger partial charge on any atom is -0.490 e. The van der Waals surface area contributed by atoms with Crippen LogP contribution in [0.5, 0.6) is 11.5 Å². The summed E-state index contributed by atoms with van der Waals surface area (Å²) in [5, 5.41) is 9.59. The van der Waals surface area contributed by atoms with Crippen LogP contribution in [0.15, 0.2) is 23.1 Å². The Morgan fingerprint density at radius 2 is 2.12 bits per heavy atom. The Hall–Kier alpha value is -2.80. The van der Waals surface area contributed by atoms with Crippen LogP contribution in [0.25, 0.3) is 11.3 Å². The number of aromatic carboxylic acids is 1. The van der Waals surface area contributed by atoms with Gasteiger partial charge in [-0.2, -0.15) is 0 Å². The van der Waals surface area contributed by atoms with Crippen LogP contribution >= 0.6 is 0 Å². The van der Waals surface area contributed by atoms with E-state index in [2.05, 4.69) is 24.5 Å². The maximum atomic E-state index is 12.7. The molecule has 1 fully saturated rings. The van der Waals surface area contributed by atoms with E-state index in [9.17, 15) is 14.7 Å². The van der Waals surface area contributed by atoms with Crippen molar-refractivity contribution in [3.05, 3.63) is 45.2 Å². The Balaban J connectivity index is 1.72. The van der Waals surface area contributed by atoms with Gasteiger partial charge in [0.25, 0.3) is 0 Å². The molecule has 1 saturated carbocycles. The van der Waals surface area contributed by atoms with E-state index in [0.29, 0.717) is 19.8 Å². The Morgan fingerprint density at radius 3 is 2.88 bits per heavy atom. The summed E-state index contributed by atoms with van der Waals surface area (Å²) >= 11 is 0. The lowest BCUT2D eigenvalue weighted by molar-refractivity contribution is 0.0693. The quantitative estimate of drug-likeness (QED) is 0.684. The van der Waals surface area contributed by atoms with Gasteiger partial charge in [-0.3, -0.25) is 4.79 Å². The summed E-state index contributed by atoms with van der Waals surface area (Å²) in [5.41, 5.74) is 3.39. The van der Waals surface area contributed by atoms with Crippen LogP contribution in [0, 0.1) is 5.41 Å². The molecule has 0 bridgehead atoms. The Kier molecular flexibility index (Phi) is 5.04. The second-order valence-electron chi connectivity index (χ2n) is 9.67. The van der Waals surface area contributed by atoms with Crippen LogP contribution in [0.4, 0.5) is 0 Å². The summed E-state index contributed by atoms with van der Waals surface area (Å²) in [5.74, 6) is 0.549. The zero-order chi connectivity index (χ0) is 22.6. The first-order valence-electron chi connectivity index (χ1n) is 11.3. The summed E-state index contributed by atoms with van der Waals surface area (Å²) < 4.78 is 19.3. The van der Waals surface area contributed by atoms with E-state index >= 15 is 0 Å². The van der Waals surface area contributed by atoms with E-state index in [4.69, 9.17) is 14.2 Å². The summed E-state index contributed by atoms with van der Waals surface area (Å²) in [6.07, 6.45) is 5.11. The highest BCUT2D eigenvalue weighted by Gasteiger charge is 2.48. The highest BCUT2D eigenvalue weighted by Crippen LogP contribution is 2.61. The van der Waals surface area contributed by atoms with Gasteiger partial charge in [-0.1, -0.05) is 13.8 Å². The number of fused-ring (bicyclic) bond motifs is 8. The molecule has 0 amide bonds. The number of benzene rings is 1. The number of aromatic nitrogens is 1. The third-order valence-electron chi connectivity index (χ3n) is 7.27. The van der Waals surface area contributed by atoms with Crippen molar-refractivity contribution in [3.8, 4) is 22.8 Å². The van der Waals surface area contributed by atoms with Crippen molar-refractivity contribution < 1.29 is 24.1 Å². The number of carboxylic acids is 1. The second kappa shape index (κ2) is 7.66. The van der Waals surface area contributed by atoms with Gasteiger partial charge in [0.05, 0.1) is 18.9 Å². The standard InChI is InChI=1S/C25H29NO6/c1-25(2)7-5-14-16-11-20(31-9-4-8-30-3)22-15(6-10-32-22)21(16)18-12-19(27)17(24(28)29)13-26(18)23(14)25/h11-14,23H,4-10H2,1-3H3,(H,28,29). The highest BCUT2D eigenvalue weighted by molar-refractivity contribution is 5.88. The molecule has 2 aromatic rings. The van der Waals surface area contributed by atoms with Crippen molar-refractivity contribution in [2.75, 3.05) is 26.9 Å². The molecule has 2 atom stereocenters. The molecule has 2 aliphatic heterocycles. The van der Waals surface area contributed by atoms with Gasteiger partial charge in [0, 0.05) is 61.9 Å². The van der Waals surface area contributed by atoms with Crippen molar-refractivity contribution in [2.45, 2.75) is 51.5 Å². The largest absolute Gasteiger partial charge is 0.490 e. The Labute approximate surface area is 186 Å². The first-order valence-corrected chi connectivity index (χ1v) is 11.3. The fourth-order valence-corrected chi connectivity index (χ4v) is 5.87. The predicted octanol–water partition coefficient (Wildman–Crippen LogP) is 4.02. The number of ether oxygens (including phenoxy) is 3. The SMILES string of the molecule is COCCCOc1cc2c(c3c1OCC3)-c1cc(=O)c(C(=O)O)cn1C1C2CCC1(C)C. The van der Waals surface area contributed by atoms with E-state index in [0.717, 1.165) is 54.0 Å². The maximum absolute atomic E-state index is 12.7. The van der Waals surface area contributed by atoms with Gasteiger partial charge in [0.1, 0.15) is 5.56 Å². The normalized spacial score (nSPS) is 21.8. The molecule has 1 aromatic carbocycles. The van der Waals surface area contributed by atoms with Crippen molar-refractivity contribution in [2.24, 2.45) is 5.41 Å². The molecule has 5 rings (SSSR count). The Bertz CT molecular complexity index is 1150. The molecule has 0 radical (unpaired) electrons. The lowest BCUT2D eigenvalue weighted by Gasteiger charge is -2.40. The molecule has 1 N–H and O–H groups in total. The molecule has 0 saturated heterocycles. The molecule has 7 nitrogen and oxygen atoms in total. The molecular formula is C25H29NO6. The Morgan fingerprint density at radius 1 is 1.31 bits per heavy atom. The van der Waals surface area contributed by atoms with Crippen LogP contribution in [0.3, 0.4) is 0 Å². The number of nitrogens with zero attached hydrogens (tertiary/aromatic N) is 1. The minimum atomic E-state index is -1.18. The predicted molar refractivity (Wildman–Crippen MR) is 119 cm³/mol. The van der Waals surface area contributed by atoms with Crippen LogP contribution in [-0.2, 0) is 11.2 Å². The van der Waals surface area contributed by atoms with E-state index in [1.165, 1.54) is 11.6 Å². The van der Waals surface area contributed by atoms with Crippen molar-refractivity contribution in [3.63, 3.8) is 0 Å². The molecule has 3 aliphatic rings. The number of pyridine rings is 1. The summed E-state index contributed by atoms with van der Waals surface area (Å²) in [4.78, 5) is 24.4. The van der Waals surface area contributed by atoms with Gasteiger partial charge < -0.3 is 23.9 Å². The van der Waals surface area contributed by atoms with Gasteiger partial charge in [-0.25, -0.2) is 4.79 Å². The molecule has 1 aliphatic carbocycles. The summed E-state index contributed by atoms with van der Waals surface area (Å²) in [6, 6.07) is 3.68. The summed E-state index contributed by atoms with van der Waals surface area (Å²) in [7, 11) is 1.68. The van der Waals surface area contributed by atoms with E-state index in [1.54, 1.807) is 13.3 Å². The van der Waals surface area contributed by atoms with Crippen molar-refractivity contribution >= 4 is 5.97 Å². The van der Waals surface area contributed by atoms with Gasteiger partial charge in [-0.05, 0) is 29.9 Å². The number of rotatable bonds is 6. The monoisotopic (exact) mass is 439 g/mol. The van der Waals surface area contributed by atoms with Gasteiger partial charge in [0.15, 0.2) is 16.9 Å². The lowest BCUT2D eigenvalue weighted by Crippen LogP contribution is -2.32. The summed E-state index contributed by atoms with van der Waals surface area (Å²) in [6.45, 7) is 6.19. The van der Waals surface area contributed by atoms with Crippen LogP contribution in [0.1, 0.15) is 66.6 Å². The molecule has 7 heteroatoms. The van der Waals surface area contributed by atoms with Crippen LogP contribution < -0.4 is 14.9 Å². The molecule has 32 heavy (non-hydrogen) atoms. The van der Waals surface area contributed by atoms with Crippen LogP contribution in [0.2, 0.25) is 0 Å². The smallest absolute Gasteiger partial charge is 0.341 e. The second-order valence-corrected chi connectivity index (χ2v) is 9.67. The number of hydrogen-bond donors (Lipinski definition) is 1. The molecule has 0 spiro atoms. The van der Waals surface area contributed by atoms with E-state index < -0.39 is 11.4 Å². The van der Waals surface area contributed by atoms with E-state index in [-0.39, 0.29) is 22.9 Å². The molecule has 2 unspecified atom stereocenters. The van der Waals surface area contributed by atoms with E-state index in [1.807, 2.05) is 0 Å². The third kappa shape index (κ3) is 3.13. The molecule has 3 heterocycles. The fourth-order valence-electron chi connectivity index (χ4n) is 5.87. The highest BCUT2D eigenvalue weighted by atomic mass is 16.5. The fraction of sp³-hybridized carbons (Fsp3) is 0.520. The first-order chi connectivity index (χ1) is 15.3. The van der Waals surface area contributed by atoms with Gasteiger partial charge in [-0.15, -0.1) is 0 Å². The van der Waals surface area contributed by atoms with Gasteiger partial charge in [0.2, 0.25) is 0 Å². The van der Waals surface area contributed by atoms with Crippen molar-refractivity contribution in [1.29, 1.82) is 0 Å². The average Bonchev–Trinajstić information content (AvgIpc) is 3.35. The zero-order valence-corrected chi connectivity index (χ0v) is 18.8. The number of carbonyl (C=O) groups is 1. The number of carboxylic acid groups (broad SMARTS) is 1. The number of methoxy groups -OCH3 is 1. The van der Waals surface area contributed by atoms with Crippen molar-refractivity contribution in [1.82, 2.24) is 4.57 Å². The average molecular weight is 440 g/mol. The molecule has 170 valence electrons. The zero-order valence-electron chi connectivity index (χ0n) is 18.8. The number of hydrogen-bond acceptors (Lipinski definition) is 5. The first kappa shape index (κ1) is 21.1.